The molecule has 0 aromatic heterocycles. The van der Waals surface area contributed by atoms with Crippen molar-refractivity contribution in [2.45, 2.75) is 44.6 Å². The third-order valence-electron chi connectivity index (χ3n) is 4.35. The van der Waals surface area contributed by atoms with Crippen LogP contribution in [0.1, 0.15) is 49.3 Å². The van der Waals surface area contributed by atoms with E-state index in [0.29, 0.717) is 5.92 Å². The van der Waals surface area contributed by atoms with Gasteiger partial charge in [-0.05, 0) is 42.0 Å². The Hall–Kier alpha value is -1.42. The number of anilines is 1. The second-order valence-electron chi connectivity index (χ2n) is 5.68. The highest BCUT2D eigenvalue weighted by atomic mass is 19.1. The zero-order chi connectivity index (χ0) is 13.4. The average molecular weight is 262 g/mol. The van der Waals surface area contributed by atoms with Gasteiger partial charge in [0.15, 0.2) is 0 Å². The summed E-state index contributed by atoms with van der Waals surface area (Å²) in [7, 11) is 0. The van der Waals surface area contributed by atoms with Crippen LogP contribution in [0, 0.1) is 11.7 Å². The van der Waals surface area contributed by atoms with Crippen molar-refractivity contribution in [1.82, 2.24) is 0 Å². The Balaban J connectivity index is 1.93. The van der Waals surface area contributed by atoms with Gasteiger partial charge in [-0.15, -0.1) is 0 Å². The van der Waals surface area contributed by atoms with Crippen LogP contribution in [0.2, 0.25) is 0 Å². The summed E-state index contributed by atoms with van der Waals surface area (Å²) < 4.78 is 13.7. The van der Waals surface area contributed by atoms with Crippen LogP contribution in [0.15, 0.2) is 12.1 Å². The molecule has 3 nitrogen and oxygen atoms in total. The summed E-state index contributed by atoms with van der Waals surface area (Å²) in [5.74, 6) is 0.0337. The third kappa shape index (κ3) is 2.37. The van der Waals surface area contributed by atoms with Crippen LogP contribution in [-0.4, -0.2) is 5.91 Å². The van der Waals surface area contributed by atoms with E-state index >= 15 is 0 Å². The minimum atomic E-state index is -0.295. The van der Waals surface area contributed by atoms with Gasteiger partial charge in [0.05, 0.1) is 6.42 Å². The molecule has 3 rings (SSSR count). The van der Waals surface area contributed by atoms with Crippen LogP contribution >= 0.6 is 0 Å². The Bertz CT molecular complexity index is 509. The van der Waals surface area contributed by atoms with E-state index in [0.717, 1.165) is 29.7 Å². The second kappa shape index (κ2) is 4.93. The third-order valence-corrected chi connectivity index (χ3v) is 4.35. The summed E-state index contributed by atoms with van der Waals surface area (Å²) in [5.41, 5.74) is 8.61. The van der Waals surface area contributed by atoms with E-state index in [-0.39, 0.29) is 24.2 Å². The Kier molecular flexibility index (Phi) is 3.27. The number of nitrogens with one attached hydrogen (secondary N) is 1. The van der Waals surface area contributed by atoms with E-state index in [1.165, 1.54) is 31.4 Å². The summed E-state index contributed by atoms with van der Waals surface area (Å²) in [6.07, 6.45) is 6.12. The molecule has 1 aliphatic heterocycles. The summed E-state index contributed by atoms with van der Waals surface area (Å²) in [6, 6.07) is 2.75. The monoisotopic (exact) mass is 262 g/mol. The van der Waals surface area contributed by atoms with Crippen molar-refractivity contribution in [2.75, 3.05) is 5.32 Å². The van der Waals surface area contributed by atoms with E-state index in [1.54, 1.807) is 0 Å². The molecule has 4 heteroatoms. The maximum Gasteiger partial charge on any atom is 0.228 e. The van der Waals surface area contributed by atoms with Gasteiger partial charge < -0.3 is 11.1 Å². The topological polar surface area (TPSA) is 55.1 Å². The number of rotatable bonds is 2. The van der Waals surface area contributed by atoms with Gasteiger partial charge >= 0.3 is 0 Å². The average Bonchev–Trinajstić information content (AvgIpc) is 2.78. The van der Waals surface area contributed by atoms with Crippen LogP contribution in [0.4, 0.5) is 10.1 Å². The largest absolute Gasteiger partial charge is 0.325 e. The Morgan fingerprint density at radius 2 is 2.00 bits per heavy atom. The molecule has 1 aromatic carbocycles. The number of amides is 1. The molecule has 1 saturated carbocycles. The number of halogens is 1. The highest BCUT2D eigenvalue weighted by molar-refractivity contribution is 6.00. The van der Waals surface area contributed by atoms with Crippen LogP contribution in [0.25, 0.3) is 0 Å². The van der Waals surface area contributed by atoms with Crippen molar-refractivity contribution in [3.8, 4) is 0 Å². The lowest BCUT2D eigenvalue weighted by Gasteiger charge is -2.29. The molecule has 1 heterocycles. The van der Waals surface area contributed by atoms with Gasteiger partial charge in [0, 0.05) is 11.7 Å². The first-order valence-electron chi connectivity index (χ1n) is 7.03. The lowest BCUT2D eigenvalue weighted by Crippen LogP contribution is -2.24. The fourth-order valence-corrected chi connectivity index (χ4v) is 3.34. The maximum atomic E-state index is 13.7. The number of hydrogen-bond donors (Lipinski definition) is 2. The molecule has 0 spiro atoms. The van der Waals surface area contributed by atoms with Gasteiger partial charge in [-0.3, -0.25) is 4.79 Å². The summed E-state index contributed by atoms with van der Waals surface area (Å²) in [4.78, 5) is 11.5. The zero-order valence-corrected chi connectivity index (χ0v) is 10.9. The van der Waals surface area contributed by atoms with Crippen molar-refractivity contribution in [3.63, 3.8) is 0 Å². The van der Waals surface area contributed by atoms with E-state index in [9.17, 15) is 9.18 Å². The minimum absolute atomic E-state index is 0.0716. The van der Waals surface area contributed by atoms with Gasteiger partial charge in [-0.25, -0.2) is 4.39 Å². The van der Waals surface area contributed by atoms with Gasteiger partial charge in [0.2, 0.25) is 5.91 Å². The minimum Gasteiger partial charge on any atom is -0.325 e. The van der Waals surface area contributed by atoms with Gasteiger partial charge in [-0.2, -0.15) is 0 Å². The zero-order valence-electron chi connectivity index (χ0n) is 10.9. The van der Waals surface area contributed by atoms with E-state index < -0.39 is 0 Å². The molecule has 1 atom stereocenters. The second-order valence-corrected chi connectivity index (χ2v) is 5.68. The fraction of sp³-hybridized carbons (Fsp3) is 0.533. The normalized spacial score (nSPS) is 21.1. The van der Waals surface area contributed by atoms with Crippen LogP contribution in [0.3, 0.4) is 0 Å². The molecule has 0 bridgehead atoms. The highest BCUT2D eigenvalue weighted by Gasteiger charge is 2.29. The molecular weight excluding hydrogens is 243 g/mol. The number of carbonyl (C=O) groups excluding carboxylic acids is 1. The van der Waals surface area contributed by atoms with Crippen LogP contribution < -0.4 is 11.1 Å². The highest BCUT2D eigenvalue weighted by Crippen LogP contribution is 2.38. The smallest absolute Gasteiger partial charge is 0.228 e. The van der Waals surface area contributed by atoms with Gasteiger partial charge in [0.1, 0.15) is 5.82 Å². The predicted octanol–water partition coefficient (Wildman–Crippen LogP) is 2.90. The maximum absolute atomic E-state index is 13.7. The molecule has 0 radical (unpaired) electrons. The van der Waals surface area contributed by atoms with Gasteiger partial charge in [-0.1, -0.05) is 19.3 Å². The molecular formula is C15H19FN2O. The predicted molar refractivity (Wildman–Crippen MR) is 72.2 cm³/mol. The van der Waals surface area contributed by atoms with Crippen molar-refractivity contribution >= 4 is 11.6 Å². The summed E-state index contributed by atoms with van der Waals surface area (Å²) >= 11 is 0. The molecule has 1 unspecified atom stereocenters. The van der Waals surface area contributed by atoms with Crippen molar-refractivity contribution < 1.29 is 9.18 Å². The number of nitrogens with two attached hydrogens (primary N) is 1. The number of fused-ring (bicyclic) bond motifs is 1. The molecule has 0 saturated heterocycles. The van der Waals surface area contributed by atoms with Crippen LogP contribution in [-0.2, 0) is 11.2 Å². The molecule has 1 fully saturated rings. The first kappa shape index (κ1) is 12.6. The number of carbonyl (C=O) groups is 1. The van der Waals surface area contributed by atoms with Crippen molar-refractivity contribution in [1.29, 1.82) is 0 Å². The molecule has 2 aliphatic rings. The summed E-state index contributed by atoms with van der Waals surface area (Å²) in [6.45, 7) is 0. The Morgan fingerprint density at radius 1 is 1.26 bits per heavy atom. The van der Waals surface area contributed by atoms with Crippen molar-refractivity contribution in [2.24, 2.45) is 11.7 Å². The standard InChI is InChI=1S/C15H19FN2O/c16-11-6-10-7-13(19)18-15(10)12(8-11)14(17)9-4-2-1-3-5-9/h6,8-9,14H,1-5,7,17H2,(H,18,19). The SMILES string of the molecule is NC(c1cc(F)cc2c1NC(=O)C2)C1CCCCC1. The lowest BCUT2D eigenvalue weighted by molar-refractivity contribution is -0.115. The van der Waals surface area contributed by atoms with Crippen molar-refractivity contribution in [3.05, 3.63) is 29.1 Å². The van der Waals surface area contributed by atoms with E-state index in [4.69, 9.17) is 5.73 Å². The molecule has 102 valence electrons. The Labute approximate surface area is 112 Å². The molecule has 19 heavy (non-hydrogen) atoms. The molecule has 1 aromatic rings. The van der Waals surface area contributed by atoms with E-state index in [2.05, 4.69) is 5.32 Å². The first-order valence-corrected chi connectivity index (χ1v) is 7.03. The first-order chi connectivity index (χ1) is 9.15. The Morgan fingerprint density at radius 3 is 2.74 bits per heavy atom. The number of hydrogen-bond acceptors (Lipinski definition) is 2. The van der Waals surface area contributed by atoms with Crippen LogP contribution in [0.5, 0.6) is 0 Å². The summed E-state index contributed by atoms with van der Waals surface area (Å²) in [5, 5.41) is 2.83. The quantitative estimate of drug-likeness (QED) is 0.861. The fourth-order valence-electron chi connectivity index (χ4n) is 3.34. The molecule has 1 amide bonds. The lowest BCUT2D eigenvalue weighted by atomic mass is 9.81. The molecule has 3 N–H and O–H groups in total. The number of benzene rings is 1. The molecule has 1 aliphatic carbocycles. The van der Waals surface area contributed by atoms with E-state index in [1.807, 2.05) is 0 Å². The van der Waals surface area contributed by atoms with Gasteiger partial charge in [0.25, 0.3) is 0 Å².